The number of benzene rings is 1. The lowest BCUT2D eigenvalue weighted by Crippen LogP contribution is -2.68. The van der Waals surface area contributed by atoms with Crippen LogP contribution < -0.4 is 0 Å². The zero-order chi connectivity index (χ0) is 14.8. The quantitative estimate of drug-likeness (QED) is 0.827. The highest BCUT2D eigenvalue weighted by Gasteiger charge is 2.64. The molecule has 0 amide bonds. The SMILES string of the molecule is CN1CCC23CCCC2(O)C1Cc1ccc(C(=O)O)cc13. The lowest BCUT2D eigenvalue weighted by molar-refractivity contribution is -0.123. The molecule has 2 bridgehead atoms. The third-order valence-electron chi connectivity index (χ3n) is 6.25. The molecule has 1 heterocycles. The van der Waals surface area contributed by atoms with E-state index >= 15 is 0 Å². The lowest BCUT2D eigenvalue weighted by Gasteiger charge is -2.58. The Bertz CT molecular complexity index is 628. The number of fused-ring (bicyclic) bond motifs is 1. The number of aliphatic hydroxyl groups is 1. The summed E-state index contributed by atoms with van der Waals surface area (Å²) in [7, 11) is 2.10. The van der Waals surface area contributed by atoms with Crippen LogP contribution in [0.5, 0.6) is 0 Å². The smallest absolute Gasteiger partial charge is 0.335 e. The molecule has 112 valence electrons. The van der Waals surface area contributed by atoms with Crippen molar-refractivity contribution in [2.24, 2.45) is 0 Å². The second kappa shape index (κ2) is 4.08. The van der Waals surface area contributed by atoms with Crippen LogP contribution in [-0.4, -0.2) is 46.3 Å². The maximum Gasteiger partial charge on any atom is 0.335 e. The van der Waals surface area contributed by atoms with Gasteiger partial charge in [-0.3, -0.25) is 0 Å². The summed E-state index contributed by atoms with van der Waals surface area (Å²) >= 11 is 0. The topological polar surface area (TPSA) is 60.8 Å². The van der Waals surface area contributed by atoms with Crippen molar-refractivity contribution in [2.45, 2.75) is 49.2 Å². The van der Waals surface area contributed by atoms with Gasteiger partial charge in [0.1, 0.15) is 0 Å². The fourth-order valence-electron chi connectivity index (χ4n) is 5.20. The summed E-state index contributed by atoms with van der Waals surface area (Å²) in [4.78, 5) is 13.6. The van der Waals surface area contributed by atoms with E-state index in [1.165, 1.54) is 5.56 Å². The van der Waals surface area contributed by atoms with Gasteiger partial charge in [0, 0.05) is 11.5 Å². The normalized spacial score (nSPS) is 37.9. The minimum absolute atomic E-state index is 0.164. The molecule has 1 aliphatic heterocycles. The Kier molecular flexibility index (Phi) is 2.58. The highest BCUT2D eigenvalue weighted by atomic mass is 16.4. The number of hydrogen-bond acceptors (Lipinski definition) is 3. The fourth-order valence-corrected chi connectivity index (χ4v) is 5.20. The molecule has 3 unspecified atom stereocenters. The first kappa shape index (κ1) is 13.3. The van der Waals surface area contributed by atoms with Gasteiger partial charge in [-0.2, -0.15) is 0 Å². The standard InChI is InChI=1S/C17H21NO3/c1-18-8-7-16-5-2-6-17(16,21)14(18)10-11-3-4-12(15(19)20)9-13(11)16/h3-4,9,14,21H,2,5-8,10H2,1H3,(H,19,20). The number of rotatable bonds is 1. The van der Waals surface area contributed by atoms with E-state index in [9.17, 15) is 15.0 Å². The van der Waals surface area contributed by atoms with E-state index in [2.05, 4.69) is 11.9 Å². The first-order valence-electron chi connectivity index (χ1n) is 7.77. The Morgan fingerprint density at radius 2 is 2.14 bits per heavy atom. The lowest BCUT2D eigenvalue weighted by atomic mass is 9.56. The van der Waals surface area contributed by atoms with Crippen LogP contribution in [0.15, 0.2) is 18.2 Å². The second-order valence-corrected chi connectivity index (χ2v) is 6.99. The maximum atomic E-state index is 11.4. The van der Waals surface area contributed by atoms with Crippen LogP contribution in [0.4, 0.5) is 0 Å². The van der Waals surface area contributed by atoms with Gasteiger partial charge in [0.15, 0.2) is 0 Å². The Hall–Kier alpha value is -1.39. The van der Waals surface area contributed by atoms with Gasteiger partial charge in [0.2, 0.25) is 0 Å². The molecule has 0 aromatic heterocycles. The fraction of sp³-hybridized carbons (Fsp3) is 0.588. The van der Waals surface area contributed by atoms with Crippen molar-refractivity contribution in [1.29, 1.82) is 0 Å². The molecule has 3 aliphatic rings. The predicted octanol–water partition coefficient (Wildman–Crippen LogP) is 1.80. The molecule has 0 spiro atoms. The van der Waals surface area contributed by atoms with Crippen molar-refractivity contribution in [3.63, 3.8) is 0 Å². The zero-order valence-electron chi connectivity index (χ0n) is 12.3. The second-order valence-electron chi connectivity index (χ2n) is 6.99. The number of aromatic carboxylic acids is 1. The molecule has 21 heavy (non-hydrogen) atoms. The number of nitrogens with zero attached hydrogens (tertiary/aromatic N) is 1. The van der Waals surface area contributed by atoms with E-state index < -0.39 is 11.6 Å². The van der Waals surface area contributed by atoms with Gasteiger partial charge < -0.3 is 15.1 Å². The third-order valence-corrected chi connectivity index (χ3v) is 6.25. The van der Waals surface area contributed by atoms with Gasteiger partial charge in [-0.25, -0.2) is 4.79 Å². The van der Waals surface area contributed by atoms with E-state index in [1.807, 2.05) is 12.1 Å². The third kappa shape index (κ3) is 1.49. The molecule has 1 saturated heterocycles. The number of likely N-dealkylation sites (tertiary alicyclic amines) is 1. The molecule has 1 aromatic rings. The average molecular weight is 287 g/mol. The van der Waals surface area contributed by atoms with Crippen molar-refractivity contribution in [2.75, 3.05) is 13.6 Å². The minimum atomic E-state index is -0.884. The van der Waals surface area contributed by atoms with Crippen molar-refractivity contribution in [1.82, 2.24) is 4.90 Å². The van der Waals surface area contributed by atoms with Gasteiger partial charge in [-0.1, -0.05) is 6.07 Å². The first-order valence-corrected chi connectivity index (χ1v) is 7.77. The molecule has 0 radical (unpaired) electrons. The number of likely N-dealkylation sites (N-methyl/N-ethyl adjacent to an activating group) is 1. The summed E-state index contributed by atoms with van der Waals surface area (Å²) in [5.41, 5.74) is 1.75. The highest BCUT2D eigenvalue weighted by Crippen LogP contribution is 2.59. The Morgan fingerprint density at radius 3 is 2.90 bits per heavy atom. The molecular formula is C17H21NO3. The number of hydrogen-bond donors (Lipinski definition) is 2. The number of carbonyl (C=O) groups is 1. The van der Waals surface area contributed by atoms with E-state index in [0.29, 0.717) is 5.56 Å². The average Bonchev–Trinajstić information content (AvgIpc) is 2.82. The summed E-state index contributed by atoms with van der Waals surface area (Å²) < 4.78 is 0. The monoisotopic (exact) mass is 287 g/mol. The molecule has 2 aliphatic carbocycles. The van der Waals surface area contributed by atoms with Gasteiger partial charge in [-0.05, 0) is 69.0 Å². The molecule has 3 atom stereocenters. The van der Waals surface area contributed by atoms with Crippen LogP contribution in [-0.2, 0) is 11.8 Å². The first-order chi connectivity index (χ1) is 9.98. The molecule has 2 N–H and O–H groups in total. The van der Waals surface area contributed by atoms with Crippen molar-refractivity contribution in [3.8, 4) is 0 Å². The van der Waals surface area contributed by atoms with Crippen molar-refractivity contribution in [3.05, 3.63) is 34.9 Å². The number of piperidine rings is 1. The molecule has 1 saturated carbocycles. The van der Waals surface area contributed by atoms with E-state index in [1.54, 1.807) is 6.07 Å². The summed E-state index contributed by atoms with van der Waals surface area (Å²) in [5, 5.41) is 20.7. The maximum absolute atomic E-state index is 11.4. The van der Waals surface area contributed by atoms with Crippen LogP contribution in [0.2, 0.25) is 0 Å². The number of carboxylic acids is 1. The van der Waals surface area contributed by atoms with E-state index in [0.717, 1.165) is 44.2 Å². The van der Waals surface area contributed by atoms with Crippen LogP contribution in [0.3, 0.4) is 0 Å². The summed E-state index contributed by atoms with van der Waals surface area (Å²) in [6.07, 6.45) is 4.58. The van der Waals surface area contributed by atoms with Crippen molar-refractivity contribution < 1.29 is 15.0 Å². The van der Waals surface area contributed by atoms with Gasteiger partial charge >= 0.3 is 5.97 Å². The molecular weight excluding hydrogens is 266 g/mol. The largest absolute Gasteiger partial charge is 0.478 e. The van der Waals surface area contributed by atoms with E-state index in [-0.39, 0.29) is 11.5 Å². The van der Waals surface area contributed by atoms with Crippen LogP contribution in [0, 0.1) is 0 Å². The van der Waals surface area contributed by atoms with E-state index in [4.69, 9.17) is 0 Å². The van der Waals surface area contributed by atoms with Gasteiger partial charge in [0.05, 0.1) is 11.2 Å². The van der Waals surface area contributed by atoms with Crippen LogP contribution >= 0.6 is 0 Å². The van der Waals surface area contributed by atoms with Crippen LogP contribution in [0.1, 0.15) is 47.2 Å². The molecule has 4 heteroatoms. The molecule has 4 nitrogen and oxygen atoms in total. The molecule has 2 fully saturated rings. The minimum Gasteiger partial charge on any atom is -0.478 e. The highest BCUT2D eigenvalue weighted by molar-refractivity contribution is 5.88. The van der Waals surface area contributed by atoms with Crippen LogP contribution in [0.25, 0.3) is 0 Å². The summed E-state index contributed by atoms with van der Waals surface area (Å²) in [6, 6.07) is 5.66. The van der Waals surface area contributed by atoms with Gasteiger partial charge in [0.25, 0.3) is 0 Å². The Morgan fingerprint density at radius 1 is 1.33 bits per heavy atom. The summed E-state index contributed by atoms with van der Waals surface area (Å²) in [6.45, 7) is 0.976. The Labute approximate surface area is 124 Å². The Balaban J connectivity index is 1.95. The van der Waals surface area contributed by atoms with Gasteiger partial charge in [-0.15, -0.1) is 0 Å². The molecule has 4 rings (SSSR count). The van der Waals surface area contributed by atoms with Crippen molar-refractivity contribution >= 4 is 5.97 Å². The molecule has 1 aromatic carbocycles. The predicted molar refractivity (Wildman–Crippen MR) is 78.6 cm³/mol. The zero-order valence-corrected chi connectivity index (χ0v) is 12.3. The number of carboxylic acid groups (broad SMARTS) is 1. The summed E-state index contributed by atoms with van der Waals surface area (Å²) in [5.74, 6) is -0.884.